The van der Waals surface area contributed by atoms with Gasteiger partial charge < -0.3 is 4.57 Å². The van der Waals surface area contributed by atoms with Crippen molar-refractivity contribution in [3.05, 3.63) is 58.1 Å². The minimum atomic E-state index is -0.0913. The van der Waals surface area contributed by atoms with Crippen LogP contribution in [0.25, 0.3) is 27.8 Å². The summed E-state index contributed by atoms with van der Waals surface area (Å²) in [5.41, 5.74) is 3.37. The summed E-state index contributed by atoms with van der Waals surface area (Å²) in [5.74, 6) is 1.06. The molecule has 6 nitrogen and oxygen atoms in total. The minimum Gasteiger partial charge on any atom is -0.310 e. The minimum absolute atomic E-state index is 0.0913. The van der Waals surface area contributed by atoms with Gasteiger partial charge in [-0.3, -0.25) is 4.79 Å². The lowest BCUT2D eigenvalue weighted by molar-refractivity contribution is 0.183. The van der Waals surface area contributed by atoms with E-state index in [1.807, 2.05) is 41.1 Å². The largest absolute Gasteiger partial charge is 0.310 e. The number of pyridine rings is 1. The molecule has 1 saturated carbocycles. The maximum atomic E-state index is 13.2. The topological polar surface area (TPSA) is 65.1 Å². The zero-order valence-corrected chi connectivity index (χ0v) is 17.2. The van der Waals surface area contributed by atoms with E-state index >= 15 is 0 Å². The third-order valence-electron chi connectivity index (χ3n) is 6.47. The molecule has 0 aliphatic heterocycles. The van der Waals surface area contributed by atoms with E-state index in [4.69, 9.17) is 11.6 Å². The molecule has 7 heteroatoms. The van der Waals surface area contributed by atoms with Crippen molar-refractivity contribution in [2.24, 2.45) is 11.8 Å². The summed E-state index contributed by atoms with van der Waals surface area (Å²) in [4.78, 5) is 13.2. The number of rotatable bonds is 2. The van der Waals surface area contributed by atoms with Gasteiger partial charge in [0.05, 0.1) is 6.20 Å². The van der Waals surface area contributed by atoms with Crippen LogP contribution in [0.1, 0.15) is 39.2 Å². The average molecular weight is 408 g/mol. The number of fused-ring (bicyclic) bond motifs is 3. The van der Waals surface area contributed by atoms with Crippen LogP contribution in [0.2, 0.25) is 5.02 Å². The third kappa shape index (κ3) is 2.94. The molecule has 0 bridgehead atoms. The lowest BCUT2D eigenvalue weighted by Gasteiger charge is -2.35. The molecule has 5 rings (SSSR count). The predicted octanol–water partition coefficient (Wildman–Crippen LogP) is 4.76. The monoisotopic (exact) mass is 407 g/mol. The third-order valence-corrected chi connectivity index (χ3v) is 6.72. The van der Waals surface area contributed by atoms with E-state index in [9.17, 15) is 4.79 Å². The highest BCUT2D eigenvalue weighted by atomic mass is 35.5. The first kappa shape index (κ1) is 18.3. The summed E-state index contributed by atoms with van der Waals surface area (Å²) in [5, 5.41) is 13.8. The van der Waals surface area contributed by atoms with Crippen LogP contribution in [0, 0.1) is 11.8 Å². The van der Waals surface area contributed by atoms with Crippen LogP contribution in [0.3, 0.4) is 0 Å². The fourth-order valence-corrected chi connectivity index (χ4v) is 4.67. The van der Waals surface area contributed by atoms with E-state index in [2.05, 4.69) is 29.1 Å². The second-order valence-corrected chi connectivity index (χ2v) is 8.53. The molecule has 148 valence electrons. The molecule has 0 unspecified atom stereocenters. The predicted molar refractivity (Wildman–Crippen MR) is 114 cm³/mol. The molecule has 4 aromatic rings. The Morgan fingerprint density at radius 1 is 1.07 bits per heavy atom. The maximum Gasteiger partial charge on any atom is 0.280 e. The highest BCUT2D eigenvalue weighted by molar-refractivity contribution is 6.30. The molecule has 0 amide bonds. The van der Waals surface area contributed by atoms with Gasteiger partial charge in [0.25, 0.3) is 5.56 Å². The maximum absolute atomic E-state index is 13.2. The number of nitrogens with zero attached hydrogens (tertiary/aromatic N) is 5. The quantitative estimate of drug-likeness (QED) is 0.480. The van der Waals surface area contributed by atoms with Gasteiger partial charge in [-0.2, -0.15) is 5.10 Å². The Morgan fingerprint density at radius 3 is 2.66 bits per heavy atom. The number of hydrogen-bond donors (Lipinski definition) is 0. The van der Waals surface area contributed by atoms with Crippen LogP contribution in [-0.2, 0) is 0 Å². The highest BCUT2D eigenvalue weighted by Crippen LogP contribution is 2.37. The van der Waals surface area contributed by atoms with E-state index in [0.717, 1.165) is 24.0 Å². The standard InChI is InChI=1S/C22H22ClN5O/c1-13-4-3-5-18(14(13)2)27-11-10-19-20(22(27)29)25-26-21-17(12-24-28(19)21)15-6-8-16(23)9-7-15/h6-14,18H,3-5H2,1-2H3/t13-,14-,18-/m1/s1. The Kier molecular flexibility index (Phi) is 4.39. The Bertz CT molecular complexity index is 1260. The summed E-state index contributed by atoms with van der Waals surface area (Å²) < 4.78 is 3.55. The first-order valence-electron chi connectivity index (χ1n) is 10.1. The van der Waals surface area contributed by atoms with Gasteiger partial charge in [-0.25, -0.2) is 4.52 Å². The Labute approximate surface area is 173 Å². The van der Waals surface area contributed by atoms with Crippen molar-refractivity contribution in [2.45, 2.75) is 39.2 Å². The number of aromatic nitrogens is 5. The molecule has 0 radical (unpaired) electrons. The molecule has 1 fully saturated rings. The van der Waals surface area contributed by atoms with Crippen molar-refractivity contribution in [1.29, 1.82) is 0 Å². The van der Waals surface area contributed by atoms with Crippen molar-refractivity contribution in [2.75, 3.05) is 0 Å². The Balaban J connectivity index is 1.65. The van der Waals surface area contributed by atoms with E-state index < -0.39 is 0 Å². The van der Waals surface area contributed by atoms with Crippen LogP contribution in [-0.4, -0.2) is 24.4 Å². The van der Waals surface area contributed by atoms with Crippen molar-refractivity contribution in [3.63, 3.8) is 0 Å². The van der Waals surface area contributed by atoms with Crippen LogP contribution in [0.5, 0.6) is 0 Å². The van der Waals surface area contributed by atoms with Crippen LogP contribution in [0.15, 0.2) is 47.5 Å². The van der Waals surface area contributed by atoms with Crippen molar-refractivity contribution < 1.29 is 0 Å². The van der Waals surface area contributed by atoms with Crippen molar-refractivity contribution in [3.8, 4) is 11.1 Å². The van der Waals surface area contributed by atoms with Gasteiger partial charge in [-0.15, -0.1) is 10.2 Å². The molecule has 3 heterocycles. The molecule has 0 saturated heterocycles. The van der Waals surface area contributed by atoms with Crippen LogP contribution < -0.4 is 5.56 Å². The molecular weight excluding hydrogens is 386 g/mol. The molecule has 1 aliphatic rings. The lowest BCUT2D eigenvalue weighted by Crippen LogP contribution is -2.34. The molecule has 29 heavy (non-hydrogen) atoms. The lowest BCUT2D eigenvalue weighted by atomic mass is 9.78. The summed E-state index contributed by atoms with van der Waals surface area (Å²) in [6, 6.07) is 9.65. The molecule has 1 aliphatic carbocycles. The molecule has 3 atom stereocenters. The van der Waals surface area contributed by atoms with Crippen molar-refractivity contribution in [1.82, 2.24) is 24.4 Å². The van der Waals surface area contributed by atoms with E-state index in [1.54, 1.807) is 10.7 Å². The van der Waals surface area contributed by atoms with Gasteiger partial charge in [0.1, 0.15) is 5.52 Å². The van der Waals surface area contributed by atoms with Gasteiger partial charge in [-0.05, 0) is 42.0 Å². The number of benzene rings is 1. The van der Waals surface area contributed by atoms with Gasteiger partial charge in [0.15, 0.2) is 11.2 Å². The van der Waals surface area contributed by atoms with E-state index in [1.165, 1.54) is 6.42 Å². The van der Waals surface area contributed by atoms with E-state index in [-0.39, 0.29) is 11.6 Å². The van der Waals surface area contributed by atoms with Gasteiger partial charge >= 0.3 is 0 Å². The summed E-state index contributed by atoms with van der Waals surface area (Å²) in [6.07, 6.45) is 7.04. The fraction of sp³-hybridized carbons (Fsp3) is 0.364. The molecule has 0 spiro atoms. The Morgan fingerprint density at radius 2 is 1.86 bits per heavy atom. The first-order chi connectivity index (χ1) is 14.0. The molecule has 1 aromatic carbocycles. The summed E-state index contributed by atoms with van der Waals surface area (Å²) >= 11 is 6.00. The van der Waals surface area contributed by atoms with E-state index in [0.29, 0.717) is 33.5 Å². The van der Waals surface area contributed by atoms with Gasteiger partial charge in [0, 0.05) is 22.8 Å². The molecule has 3 aromatic heterocycles. The second-order valence-electron chi connectivity index (χ2n) is 8.10. The average Bonchev–Trinajstić information content (AvgIpc) is 3.16. The highest BCUT2D eigenvalue weighted by Gasteiger charge is 2.29. The first-order valence-corrected chi connectivity index (χ1v) is 10.4. The SMILES string of the molecule is C[C@@H]1[C@H](C)CCC[C@H]1n1ccc2c(nnc3c(-c4ccc(Cl)cc4)cnn32)c1=O. The Hall–Kier alpha value is -2.73. The van der Waals surface area contributed by atoms with Gasteiger partial charge in [0.2, 0.25) is 0 Å². The zero-order valence-electron chi connectivity index (χ0n) is 16.4. The van der Waals surface area contributed by atoms with Crippen LogP contribution in [0.4, 0.5) is 0 Å². The van der Waals surface area contributed by atoms with Gasteiger partial charge in [-0.1, -0.05) is 50.4 Å². The summed E-state index contributed by atoms with van der Waals surface area (Å²) in [7, 11) is 0. The number of halogens is 1. The van der Waals surface area contributed by atoms with Crippen LogP contribution >= 0.6 is 11.6 Å². The fourth-order valence-electron chi connectivity index (χ4n) is 4.55. The summed E-state index contributed by atoms with van der Waals surface area (Å²) in [6.45, 7) is 4.51. The zero-order chi connectivity index (χ0) is 20.1. The number of hydrogen-bond acceptors (Lipinski definition) is 4. The normalized spacial score (nSPS) is 22.4. The molecular formula is C22H22ClN5O. The van der Waals surface area contributed by atoms with Crippen molar-refractivity contribution >= 4 is 28.3 Å². The second kappa shape index (κ2) is 6.95. The molecule has 0 N–H and O–H groups in total. The smallest absolute Gasteiger partial charge is 0.280 e.